The minimum atomic E-state index is -4.90. The lowest BCUT2D eigenvalue weighted by Gasteiger charge is -2.24. The zero-order valence-electron chi connectivity index (χ0n) is 14.2. The SMILES string of the molecule is C=CC(C)(C)Oc1cc(C(=O)Oc2ccccc2)ccc1OC(F)(F)F. The van der Waals surface area contributed by atoms with Gasteiger partial charge in [-0.3, -0.25) is 0 Å². The molecule has 0 spiro atoms. The number of para-hydroxylation sites is 1. The van der Waals surface area contributed by atoms with Crippen molar-refractivity contribution >= 4 is 5.97 Å². The fraction of sp³-hybridized carbons (Fsp3) is 0.211. The highest BCUT2D eigenvalue weighted by Crippen LogP contribution is 2.35. The Balaban J connectivity index is 2.33. The topological polar surface area (TPSA) is 44.8 Å². The molecule has 0 aliphatic rings. The Morgan fingerprint density at radius 1 is 1.00 bits per heavy atom. The molecular formula is C19H17F3O4. The highest BCUT2D eigenvalue weighted by molar-refractivity contribution is 5.91. The molecule has 0 saturated carbocycles. The summed E-state index contributed by atoms with van der Waals surface area (Å²) < 4.78 is 52.4. The van der Waals surface area contributed by atoms with Crippen molar-refractivity contribution in [3.63, 3.8) is 0 Å². The second-order valence-corrected chi connectivity index (χ2v) is 5.82. The minimum Gasteiger partial charge on any atom is -0.480 e. The van der Waals surface area contributed by atoms with E-state index >= 15 is 0 Å². The number of carbonyl (C=O) groups excluding carboxylic acids is 1. The molecule has 0 atom stereocenters. The molecule has 4 nitrogen and oxygen atoms in total. The smallest absolute Gasteiger partial charge is 0.480 e. The predicted molar refractivity (Wildman–Crippen MR) is 89.4 cm³/mol. The maximum absolute atomic E-state index is 12.6. The maximum atomic E-state index is 12.6. The molecule has 0 radical (unpaired) electrons. The van der Waals surface area contributed by atoms with E-state index in [0.29, 0.717) is 5.75 Å². The Morgan fingerprint density at radius 2 is 1.65 bits per heavy atom. The molecule has 0 bridgehead atoms. The van der Waals surface area contributed by atoms with Crippen molar-refractivity contribution in [3.05, 3.63) is 66.7 Å². The summed E-state index contributed by atoms with van der Waals surface area (Å²) in [4.78, 5) is 12.2. The standard InChI is InChI=1S/C19H17F3O4/c1-4-18(2,3)25-16-12-13(10-11-15(16)26-19(20,21)22)17(23)24-14-8-6-5-7-9-14/h4-12H,1H2,2-3H3. The second kappa shape index (κ2) is 7.51. The Bertz CT molecular complexity index is 783. The number of hydrogen-bond acceptors (Lipinski definition) is 4. The van der Waals surface area contributed by atoms with Gasteiger partial charge in [0.15, 0.2) is 11.5 Å². The molecule has 0 amide bonds. The van der Waals surface area contributed by atoms with Crippen LogP contribution >= 0.6 is 0 Å². The summed E-state index contributed by atoms with van der Waals surface area (Å²) in [6, 6.07) is 11.6. The van der Waals surface area contributed by atoms with Gasteiger partial charge in [0.25, 0.3) is 0 Å². The normalized spacial score (nSPS) is 11.6. The van der Waals surface area contributed by atoms with Crippen molar-refractivity contribution in [2.75, 3.05) is 0 Å². The van der Waals surface area contributed by atoms with E-state index in [1.54, 1.807) is 44.2 Å². The van der Waals surface area contributed by atoms with Gasteiger partial charge < -0.3 is 14.2 Å². The highest BCUT2D eigenvalue weighted by atomic mass is 19.4. The van der Waals surface area contributed by atoms with Gasteiger partial charge in [-0.1, -0.05) is 24.8 Å². The first-order valence-electron chi connectivity index (χ1n) is 7.59. The van der Waals surface area contributed by atoms with Gasteiger partial charge in [-0.15, -0.1) is 13.2 Å². The number of ether oxygens (including phenoxy) is 3. The van der Waals surface area contributed by atoms with Gasteiger partial charge in [0.1, 0.15) is 11.4 Å². The Morgan fingerprint density at radius 3 is 2.23 bits per heavy atom. The molecule has 0 N–H and O–H groups in total. The van der Waals surface area contributed by atoms with Crippen molar-refractivity contribution in [2.24, 2.45) is 0 Å². The van der Waals surface area contributed by atoms with Crippen LogP contribution < -0.4 is 14.2 Å². The van der Waals surface area contributed by atoms with Gasteiger partial charge >= 0.3 is 12.3 Å². The Hall–Kier alpha value is -2.96. The van der Waals surface area contributed by atoms with Gasteiger partial charge in [-0.2, -0.15) is 0 Å². The summed E-state index contributed by atoms with van der Waals surface area (Å²) in [5.74, 6) is -1.25. The van der Waals surface area contributed by atoms with Crippen LogP contribution in [-0.4, -0.2) is 17.9 Å². The van der Waals surface area contributed by atoms with Gasteiger partial charge in [-0.25, -0.2) is 4.79 Å². The first-order chi connectivity index (χ1) is 12.1. The van der Waals surface area contributed by atoms with Crippen molar-refractivity contribution < 1.29 is 32.2 Å². The lowest BCUT2D eigenvalue weighted by molar-refractivity contribution is -0.275. The molecule has 0 aliphatic heterocycles. The lowest BCUT2D eigenvalue weighted by atomic mass is 10.1. The Labute approximate surface area is 148 Å². The molecule has 26 heavy (non-hydrogen) atoms. The van der Waals surface area contributed by atoms with Crippen molar-refractivity contribution in [1.82, 2.24) is 0 Å². The molecule has 2 aromatic carbocycles. The van der Waals surface area contributed by atoms with Crippen LogP contribution in [0.25, 0.3) is 0 Å². The molecule has 0 unspecified atom stereocenters. The molecule has 2 aromatic rings. The van der Waals surface area contributed by atoms with Crippen LogP contribution in [0.15, 0.2) is 61.2 Å². The van der Waals surface area contributed by atoms with Crippen LogP contribution in [0.2, 0.25) is 0 Å². The number of rotatable bonds is 6. The van der Waals surface area contributed by atoms with E-state index in [-0.39, 0.29) is 11.3 Å². The number of alkyl halides is 3. The van der Waals surface area contributed by atoms with Gasteiger partial charge in [0, 0.05) is 0 Å². The van der Waals surface area contributed by atoms with Crippen LogP contribution in [-0.2, 0) is 0 Å². The molecule has 0 aliphatic carbocycles. The third-order valence-electron chi connectivity index (χ3n) is 3.22. The fourth-order valence-corrected chi connectivity index (χ4v) is 1.90. The summed E-state index contributed by atoms with van der Waals surface area (Å²) in [5, 5.41) is 0. The molecular weight excluding hydrogens is 349 g/mol. The van der Waals surface area contributed by atoms with E-state index in [2.05, 4.69) is 11.3 Å². The number of benzene rings is 2. The van der Waals surface area contributed by atoms with E-state index in [1.165, 1.54) is 12.1 Å². The summed E-state index contributed by atoms with van der Waals surface area (Å²) in [6.07, 6.45) is -3.48. The number of hydrogen-bond donors (Lipinski definition) is 0. The van der Waals surface area contributed by atoms with Crippen LogP contribution in [0, 0.1) is 0 Å². The third kappa shape index (κ3) is 5.54. The second-order valence-electron chi connectivity index (χ2n) is 5.82. The van der Waals surface area contributed by atoms with Gasteiger partial charge in [0.2, 0.25) is 0 Å². The molecule has 7 heteroatoms. The van der Waals surface area contributed by atoms with Crippen LogP contribution in [0.3, 0.4) is 0 Å². The third-order valence-corrected chi connectivity index (χ3v) is 3.22. The predicted octanol–water partition coefficient (Wildman–Crippen LogP) is 5.15. The van der Waals surface area contributed by atoms with Crippen molar-refractivity contribution in [2.45, 2.75) is 25.8 Å². The molecule has 0 fully saturated rings. The van der Waals surface area contributed by atoms with Crippen molar-refractivity contribution in [3.8, 4) is 17.2 Å². The Kier molecular flexibility index (Phi) is 5.59. The van der Waals surface area contributed by atoms with E-state index in [9.17, 15) is 18.0 Å². The maximum Gasteiger partial charge on any atom is 0.573 e. The quantitative estimate of drug-likeness (QED) is 0.403. The average molecular weight is 366 g/mol. The lowest BCUT2D eigenvalue weighted by Crippen LogP contribution is -2.26. The number of carbonyl (C=O) groups is 1. The van der Waals surface area contributed by atoms with Gasteiger partial charge in [0.05, 0.1) is 5.56 Å². The van der Waals surface area contributed by atoms with E-state index in [0.717, 1.165) is 12.1 Å². The minimum absolute atomic E-state index is 0.0123. The molecule has 0 saturated heterocycles. The zero-order chi connectivity index (χ0) is 19.4. The molecule has 2 rings (SSSR count). The first kappa shape index (κ1) is 19.4. The molecule has 0 aromatic heterocycles. The van der Waals surface area contributed by atoms with E-state index in [4.69, 9.17) is 9.47 Å². The zero-order valence-corrected chi connectivity index (χ0v) is 14.2. The number of halogens is 3. The van der Waals surface area contributed by atoms with Crippen LogP contribution in [0.1, 0.15) is 24.2 Å². The van der Waals surface area contributed by atoms with Crippen LogP contribution in [0.5, 0.6) is 17.2 Å². The molecule has 138 valence electrons. The summed E-state index contributed by atoms with van der Waals surface area (Å²) in [5.41, 5.74) is -0.968. The fourth-order valence-electron chi connectivity index (χ4n) is 1.90. The van der Waals surface area contributed by atoms with Gasteiger partial charge in [-0.05, 0) is 50.3 Å². The average Bonchev–Trinajstić information content (AvgIpc) is 2.56. The van der Waals surface area contributed by atoms with E-state index in [1.807, 2.05) is 0 Å². The summed E-state index contributed by atoms with van der Waals surface area (Å²) >= 11 is 0. The van der Waals surface area contributed by atoms with Crippen LogP contribution in [0.4, 0.5) is 13.2 Å². The largest absolute Gasteiger partial charge is 0.573 e. The molecule has 0 heterocycles. The highest BCUT2D eigenvalue weighted by Gasteiger charge is 2.33. The number of esters is 1. The monoisotopic (exact) mass is 366 g/mol. The van der Waals surface area contributed by atoms with E-state index < -0.39 is 23.7 Å². The summed E-state index contributed by atoms with van der Waals surface area (Å²) in [7, 11) is 0. The summed E-state index contributed by atoms with van der Waals surface area (Å²) in [6.45, 7) is 6.77. The first-order valence-corrected chi connectivity index (χ1v) is 7.59. The van der Waals surface area contributed by atoms with Crippen molar-refractivity contribution in [1.29, 1.82) is 0 Å².